The molecule has 6 nitrogen and oxygen atoms in total. The predicted molar refractivity (Wildman–Crippen MR) is 87.7 cm³/mol. The van der Waals surface area contributed by atoms with E-state index in [4.69, 9.17) is 0 Å². The number of H-pyrrole nitrogens is 1. The molecule has 3 N–H and O–H groups in total. The van der Waals surface area contributed by atoms with Crippen molar-refractivity contribution in [1.29, 1.82) is 0 Å². The van der Waals surface area contributed by atoms with Crippen LogP contribution in [0.5, 0.6) is 0 Å². The van der Waals surface area contributed by atoms with Gasteiger partial charge >= 0.3 is 0 Å². The van der Waals surface area contributed by atoms with Gasteiger partial charge in [-0.15, -0.1) is 0 Å². The van der Waals surface area contributed by atoms with Gasteiger partial charge in [0.25, 0.3) is 5.91 Å². The molecular formula is C17H17N5O. The van der Waals surface area contributed by atoms with Gasteiger partial charge in [-0.1, -0.05) is 0 Å². The first-order valence-corrected chi connectivity index (χ1v) is 7.63. The summed E-state index contributed by atoms with van der Waals surface area (Å²) >= 11 is 0. The van der Waals surface area contributed by atoms with Gasteiger partial charge in [-0.3, -0.25) is 9.89 Å². The van der Waals surface area contributed by atoms with Crippen LogP contribution >= 0.6 is 0 Å². The highest BCUT2D eigenvalue weighted by atomic mass is 16.1. The smallest absolute Gasteiger partial charge is 0.256 e. The number of rotatable bonds is 3. The number of amides is 1. The number of nitrogens with zero attached hydrogens (tertiary/aromatic N) is 2. The zero-order valence-corrected chi connectivity index (χ0v) is 12.5. The van der Waals surface area contributed by atoms with Crippen molar-refractivity contribution < 1.29 is 4.79 Å². The maximum atomic E-state index is 12.4. The van der Waals surface area contributed by atoms with Crippen LogP contribution in [0.25, 0.3) is 5.69 Å². The maximum absolute atomic E-state index is 12.4. The van der Waals surface area contributed by atoms with E-state index in [-0.39, 0.29) is 5.91 Å². The van der Waals surface area contributed by atoms with Crippen LogP contribution in [0.3, 0.4) is 0 Å². The molecule has 6 heteroatoms. The van der Waals surface area contributed by atoms with Crippen LogP contribution < -0.4 is 10.6 Å². The molecule has 0 aliphatic carbocycles. The van der Waals surface area contributed by atoms with E-state index in [1.807, 2.05) is 53.4 Å². The third-order valence-corrected chi connectivity index (χ3v) is 4.07. The average Bonchev–Trinajstić information content (AvgIpc) is 3.25. The van der Waals surface area contributed by atoms with Gasteiger partial charge in [0, 0.05) is 35.8 Å². The summed E-state index contributed by atoms with van der Waals surface area (Å²) in [6.45, 7) is 1.67. The van der Waals surface area contributed by atoms with Gasteiger partial charge in [0.15, 0.2) is 5.82 Å². The van der Waals surface area contributed by atoms with E-state index in [9.17, 15) is 4.79 Å². The van der Waals surface area contributed by atoms with Crippen molar-refractivity contribution in [3.05, 3.63) is 65.6 Å². The molecule has 0 spiro atoms. The van der Waals surface area contributed by atoms with Crippen LogP contribution in [0, 0.1) is 0 Å². The minimum absolute atomic E-state index is 0.142. The van der Waals surface area contributed by atoms with Crippen LogP contribution in [-0.4, -0.2) is 27.2 Å². The fourth-order valence-corrected chi connectivity index (χ4v) is 2.82. The third kappa shape index (κ3) is 2.64. The Labute approximate surface area is 133 Å². The van der Waals surface area contributed by atoms with Gasteiger partial charge in [-0.05, 0) is 49.4 Å². The number of hydrogen-bond donors (Lipinski definition) is 3. The second-order valence-electron chi connectivity index (χ2n) is 5.55. The Morgan fingerprint density at radius 1 is 1.17 bits per heavy atom. The van der Waals surface area contributed by atoms with Crippen LogP contribution in [-0.2, 0) is 13.0 Å². The molecule has 0 saturated heterocycles. The molecule has 1 amide bonds. The van der Waals surface area contributed by atoms with Crippen molar-refractivity contribution in [3.63, 3.8) is 0 Å². The van der Waals surface area contributed by atoms with Crippen molar-refractivity contribution in [1.82, 2.24) is 20.1 Å². The van der Waals surface area contributed by atoms with Gasteiger partial charge in [-0.2, -0.15) is 5.10 Å². The molecule has 1 aromatic carbocycles. The van der Waals surface area contributed by atoms with E-state index in [1.54, 1.807) is 0 Å². The van der Waals surface area contributed by atoms with Crippen molar-refractivity contribution in [2.45, 2.75) is 13.0 Å². The topological polar surface area (TPSA) is 74.7 Å². The highest BCUT2D eigenvalue weighted by Gasteiger charge is 2.18. The summed E-state index contributed by atoms with van der Waals surface area (Å²) in [6, 6.07) is 11.4. The van der Waals surface area contributed by atoms with E-state index in [0.717, 1.165) is 36.5 Å². The second-order valence-corrected chi connectivity index (χ2v) is 5.55. The maximum Gasteiger partial charge on any atom is 0.256 e. The van der Waals surface area contributed by atoms with E-state index in [1.165, 1.54) is 0 Å². The monoisotopic (exact) mass is 307 g/mol. The van der Waals surface area contributed by atoms with Crippen LogP contribution in [0.2, 0.25) is 0 Å². The number of aromatic amines is 1. The third-order valence-electron chi connectivity index (χ3n) is 4.07. The van der Waals surface area contributed by atoms with Crippen molar-refractivity contribution in [2.24, 2.45) is 0 Å². The fraction of sp³-hybridized carbons (Fsp3) is 0.176. The molecule has 0 unspecified atom stereocenters. The Kier molecular flexibility index (Phi) is 3.44. The summed E-state index contributed by atoms with van der Waals surface area (Å²) in [5, 5.41) is 13.4. The minimum Gasteiger partial charge on any atom is -0.324 e. The lowest BCUT2D eigenvalue weighted by Crippen LogP contribution is -2.24. The average molecular weight is 307 g/mol. The number of nitrogens with one attached hydrogen (secondary N) is 3. The van der Waals surface area contributed by atoms with Gasteiger partial charge < -0.3 is 15.2 Å². The van der Waals surface area contributed by atoms with Gasteiger partial charge in [0.05, 0.1) is 5.69 Å². The molecule has 0 radical (unpaired) electrons. The lowest BCUT2D eigenvalue weighted by atomic mass is 10.1. The van der Waals surface area contributed by atoms with E-state index < -0.39 is 0 Å². The summed E-state index contributed by atoms with van der Waals surface area (Å²) in [5.74, 6) is 0.498. The largest absolute Gasteiger partial charge is 0.324 e. The molecule has 1 aliphatic heterocycles. The molecule has 0 bridgehead atoms. The molecule has 0 atom stereocenters. The van der Waals surface area contributed by atoms with Crippen LogP contribution in [0.1, 0.15) is 21.6 Å². The van der Waals surface area contributed by atoms with E-state index in [2.05, 4.69) is 20.8 Å². The molecule has 4 rings (SSSR count). The fourth-order valence-electron chi connectivity index (χ4n) is 2.82. The number of fused-ring (bicyclic) bond motifs is 1. The predicted octanol–water partition coefficient (Wildman–Crippen LogP) is 2.10. The number of aromatic nitrogens is 3. The van der Waals surface area contributed by atoms with Crippen LogP contribution in [0.15, 0.2) is 48.8 Å². The Hall–Kier alpha value is -2.86. The van der Waals surface area contributed by atoms with Gasteiger partial charge in [0.1, 0.15) is 0 Å². The summed E-state index contributed by atoms with van der Waals surface area (Å²) in [4.78, 5) is 12.4. The van der Waals surface area contributed by atoms with E-state index in [0.29, 0.717) is 11.4 Å². The quantitative estimate of drug-likeness (QED) is 0.693. The lowest BCUT2D eigenvalue weighted by Gasteiger charge is -2.13. The molecular weight excluding hydrogens is 290 g/mol. The molecule has 3 aromatic rings. The normalized spacial score (nSPS) is 13.6. The minimum atomic E-state index is -0.142. The lowest BCUT2D eigenvalue weighted by molar-refractivity contribution is 0.102. The number of hydrogen-bond acceptors (Lipinski definition) is 3. The molecule has 0 fully saturated rings. The molecule has 1 aliphatic rings. The second kappa shape index (κ2) is 5.73. The van der Waals surface area contributed by atoms with Crippen LogP contribution in [0.4, 0.5) is 5.82 Å². The SMILES string of the molecule is O=C(Nc1n[nH]c2c1CCNC2)c1ccc(-n2cccc2)cc1. The number of carbonyl (C=O) groups is 1. The number of benzene rings is 1. The number of carbonyl (C=O) groups excluding carboxylic acids is 1. The number of anilines is 1. The zero-order valence-electron chi connectivity index (χ0n) is 12.5. The summed E-state index contributed by atoms with van der Waals surface area (Å²) < 4.78 is 2.00. The zero-order chi connectivity index (χ0) is 15.6. The molecule has 116 valence electrons. The molecule has 0 saturated carbocycles. The van der Waals surface area contributed by atoms with Gasteiger partial charge in [0.2, 0.25) is 0 Å². The summed E-state index contributed by atoms with van der Waals surface area (Å²) in [5.41, 5.74) is 3.79. The first-order valence-electron chi connectivity index (χ1n) is 7.63. The van der Waals surface area contributed by atoms with Gasteiger partial charge in [-0.25, -0.2) is 0 Å². The Morgan fingerprint density at radius 3 is 2.74 bits per heavy atom. The van der Waals surface area contributed by atoms with Crippen molar-refractivity contribution in [2.75, 3.05) is 11.9 Å². The first kappa shape index (κ1) is 13.8. The highest BCUT2D eigenvalue weighted by molar-refractivity contribution is 6.04. The Bertz CT molecular complexity index is 817. The standard InChI is InChI=1S/C17H17N5O/c23-17(19-16-14-7-8-18-11-15(14)20-21-16)12-3-5-13(6-4-12)22-9-1-2-10-22/h1-6,9-10,18H,7-8,11H2,(H2,19,20,21,23). The summed E-state index contributed by atoms with van der Waals surface area (Å²) in [6.07, 6.45) is 4.81. The van der Waals surface area contributed by atoms with E-state index >= 15 is 0 Å². The van der Waals surface area contributed by atoms with Crippen molar-refractivity contribution in [3.8, 4) is 5.69 Å². The molecule has 2 aromatic heterocycles. The first-order chi connectivity index (χ1) is 11.3. The molecule has 3 heterocycles. The Balaban J connectivity index is 1.52. The van der Waals surface area contributed by atoms with Crippen molar-refractivity contribution >= 4 is 11.7 Å². The highest BCUT2D eigenvalue weighted by Crippen LogP contribution is 2.20. The Morgan fingerprint density at radius 2 is 1.96 bits per heavy atom. The summed E-state index contributed by atoms with van der Waals surface area (Å²) in [7, 11) is 0. The molecule has 23 heavy (non-hydrogen) atoms.